The van der Waals surface area contributed by atoms with Gasteiger partial charge in [0, 0.05) is 4.47 Å². The number of phenols is 1. The van der Waals surface area contributed by atoms with Crippen LogP contribution in [0.4, 0.5) is 0 Å². The van der Waals surface area contributed by atoms with Crippen molar-refractivity contribution in [2.45, 2.75) is 0 Å². The van der Waals surface area contributed by atoms with E-state index >= 15 is 0 Å². The predicted molar refractivity (Wildman–Crippen MR) is 84.5 cm³/mol. The lowest BCUT2D eigenvalue weighted by atomic mass is 10.1. The fourth-order valence-electron chi connectivity index (χ4n) is 2.08. The molecular formula is C17H10BrNO2. The van der Waals surface area contributed by atoms with Gasteiger partial charge in [-0.05, 0) is 53.2 Å². The minimum absolute atomic E-state index is 0.209. The molecule has 3 aromatic carbocycles. The van der Waals surface area contributed by atoms with Crippen LogP contribution in [-0.2, 0) is 0 Å². The molecule has 0 aliphatic carbocycles. The van der Waals surface area contributed by atoms with Crippen molar-refractivity contribution < 1.29 is 9.84 Å². The number of nitriles is 1. The Kier molecular flexibility index (Phi) is 3.51. The third-order valence-electron chi connectivity index (χ3n) is 3.09. The Labute approximate surface area is 130 Å². The highest BCUT2D eigenvalue weighted by Crippen LogP contribution is 2.30. The molecule has 0 unspecified atom stereocenters. The van der Waals surface area contributed by atoms with E-state index in [0.29, 0.717) is 17.1 Å². The summed E-state index contributed by atoms with van der Waals surface area (Å²) in [6, 6.07) is 18.1. The van der Waals surface area contributed by atoms with Crippen molar-refractivity contribution in [3.63, 3.8) is 0 Å². The lowest BCUT2D eigenvalue weighted by Gasteiger charge is -2.09. The van der Waals surface area contributed by atoms with Gasteiger partial charge in [-0.15, -0.1) is 0 Å². The third-order valence-corrected chi connectivity index (χ3v) is 3.58. The molecular weight excluding hydrogens is 330 g/mol. The smallest absolute Gasteiger partial charge is 0.145 e. The number of hydrogen-bond donors (Lipinski definition) is 1. The van der Waals surface area contributed by atoms with Gasteiger partial charge < -0.3 is 9.84 Å². The van der Waals surface area contributed by atoms with E-state index in [1.165, 1.54) is 0 Å². The number of fused-ring (bicyclic) bond motifs is 1. The second-order valence-corrected chi connectivity index (χ2v) is 5.46. The highest BCUT2D eigenvalue weighted by atomic mass is 79.9. The first-order chi connectivity index (χ1) is 10.2. The van der Waals surface area contributed by atoms with E-state index < -0.39 is 0 Å². The molecule has 0 amide bonds. The van der Waals surface area contributed by atoms with E-state index in [2.05, 4.69) is 22.0 Å². The quantitative estimate of drug-likeness (QED) is 0.716. The normalized spacial score (nSPS) is 10.3. The van der Waals surface area contributed by atoms with Crippen LogP contribution >= 0.6 is 15.9 Å². The first-order valence-electron chi connectivity index (χ1n) is 6.26. The van der Waals surface area contributed by atoms with Gasteiger partial charge in [-0.2, -0.15) is 5.26 Å². The van der Waals surface area contributed by atoms with Gasteiger partial charge in [0.2, 0.25) is 0 Å². The first-order valence-corrected chi connectivity index (χ1v) is 7.05. The Morgan fingerprint density at radius 3 is 2.57 bits per heavy atom. The van der Waals surface area contributed by atoms with Crippen LogP contribution in [0.2, 0.25) is 0 Å². The SMILES string of the molecule is N#Cc1cc(Br)ccc1Oc1ccc2ccc(O)cc2c1. The van der Waals surface area contributed by atoms with E-state index in [-0.39, 0.29) is 5.75 Å². The molecule has 0 aliphatic heterocycles. The molecule has 21 heavy (non-hydrogen) atoms. The Morgan fingerprint density at radius 2 is 1.76 bits per heavy atom. The maximum Gasteiger partial charge on any atom is 0.145 e. The van der Waals surface area contributed by atoms with Gasteiger partial charge in [0.25, 0.3) is 0 Å². The molecule has 1 N–H and O–H groups in total. The summed E-state index contributed by atoms with van der Waals surface area (Å²) in [7, 11) is 0. The molecule has 0 radical (unpaired) electrons. The van der Waals surface area contributed by atoms with Gasteiger partial charge in [-0.1, -0.05) is 28.1 Å². The highest BCUT2D eigenvalue weighted by Gasteiger charge is 2.06. The number of ether oxygens (including phenoxy) is 1. The van der Waals surface area contributed by atoms with E-state index in [0.717, 1.165) is 15.2 Å². The van der Waals surface area contributed by atoms with Crippen molar-refractivity contribution in [2.24, 2.45) is 0 Å². The number of benzene rings is 3. The zero-order chi connectivity index (χ0) is 14.8. The summed E-state index contributed by atoms with van der Waals surface area (Å²) >= 11 is 3.33. The van der Waals surface area contributed by atoms with Crippen molar-refractivity contribution in [1.29, 1.82) is 5.26 Å². The zero-order valence-corrected chi connectivity index (χ0v) is 12.5. The summed E-state index contributed by atoms with van der Waals surface area (Å²) < 4.78 is 6.61. The van der Waals surface area contributed by atoms with Crippen LogP contribution in [0.15, 0.2) is 59.1 Å². The van der Waals surface area contributed by atoms with E-state index in [9.17, 15) is 5.11 Å². The van der Waals surface area contributed by atoms with E-state index in [1.54, 1.807) is 24.3 Å². The van der Waals surface area contributed by atoms with Gasteiger partial charge in [0.05, 0.1) is 5.56 Å². The maximum absolute atomic E-state index is 9.53. The van der Waals surface area contributed by atoms with Gasteiger partial charge in [0.15, 0.2) is 0 Å². The monoisotopic (exact) mass is 339 g/mol. The molecule has 0 atom stereocenters. The number of aromatic hydroxyl groups is 1. The van der Waals surface area contributed by atoms with Crippen LogP contribution in [0.3, 0.4) is 0 Å². The molecule has 3 rings (SSSR count). The number of halogens is 1. The molecule has 0 bridgehead atoms. The maximum atomic E-state index is 9.53. The average molecular weight is 340 g/mol. The van der Waals surface area contributed by atoms with E-state index in [1.807, 2.05) is 30.3 Å². The van der Waals surface area contributed by atoms with Crippen molar-refractivity contribution in [3.05, 3.63) is 64.6 Å². The summed E-state index contributed by atoms with van der Waals surface area (Å²) in [6.45, 7) is 0. The minimum Gasteiger partial charge on any atom is -0.508 e. The second kappa shape index (κ2) is 5.47. The summed E-state index contributed by atoms with van der Waals surface area (Å²) in [4.78, 5) is 0. The minimum atomic E-state index is 0.209. The fourth-order valence-corrected chi connectivity index (χ4v) is 2.44. The summed E-state index contributed by atoms with van der Waals surface area (Å²) in [5.74, 6) is 1.33. The van der Waals surface area contributed by atoms with Crippen LogP contribution in [0, 0.1) is 11.3 Å². The predicted octanol–water partition coefficient (Wildman–Crippen LogP) is 4.97. The number of rotatable bonds is 2. The molecule has 0 saturated heterocycles. The molecule has 0 aliphatic rings. The molecule has 0 spiro atoms. The fraction of sp³-hybridized carbons (Fsp3) is 0. The first kappa shape index (κ1) is 13.5. The van der Waals surface area contributed by atoms with Crippen molar-refractivity contribution in [2.75, 3.05) is 0 Å². The highest BCUT2D eigenvalue weighted by molar-refractivity contribution is 9.10. The Bertz CT molecular complexity index is 868. The Morgan fingerprint density at radius 1 is 0.952 bits per heavy atom. The van der Waals surface area contributed by atoms with E-state index in [4.69, 9.17) is 10.00 Å². The van der Waals surface area contributed by atoms with Crippen LogP contribution in [-0.4, -0.2) is 5.11 Å². The van der Waals surface area contributed by atoms with Gasteiger partial charge in [-0.25, -0.2) is 0 Å². The Balaban J connectivity index is 2.00. The van der Waals surface area contributed by atoms with Crippen molar-refractivity contribution in [3.8, 4) is 23.3 Å². The molecule has 3 aromatic rings. The van der Waals surface area contributed by atoms with Gasteiger partial charge in [0.1, 0.15) is 23.3 Å². The lowest BCUT2D eigenvalue weighted by Crippen LogP contribution is -1.88. The van der Waals surface area contributed by atoms with Gasteiger partial charge >= 0.3 is 0 Å². The Hall–Kier alpha value is -2.51. The molecule has 0 fully saturated rings. The number of hydrogen-bond acceptors (Lipinski definition) is 3. The molecule has 0 saturated carbocycles. The molecule has 0 heterocycles. The molecule has 102 valence electrons. The van der Waals surface area contributed by atoms with Crippen molar-refractivity contribution >= 4 is 26.7 Å². The summed E-state index contributed by atoms with van der Waals surface area (Å²) in [6.07, 6.45) is 0. The van der Waals surface area contributed by atoms with Crippen LogP contribution in [0.5, 0.6) is 17.2 Å². The van der Waals surface area contributed by atoms with Crippen molar-refractivity contribution in [1.82, 2.24) is 0 Å². The number of nitrogens with zero attached hydrogens (tertiary/aromatic N) is 1. The molecule has 3 nitrogen and oxygen atoms in total. The summed E-state index contributed by atoms with van der Waals surface area (Å²) in [5, 5.41) is 20.6. The lowest BCUT2D eigenvalue weighted by molar-refractivity contribution is 0.476. The van der Waals surface area contributed by atoms with Crippen LogP contribution in [0.25, 0.3) is 10.8 Å². The standard InChI is InChI=1S/C17H10BrNO2/c18-14-3-6-17(13(7-14)10-19)21-16-5-2-11-1-4-15(20)8-12(11)9-16/h1-9,20H. The number of phenolic OH excluding ortho intramolecular Hbond substituents is 1. The summed E-state index contributed by atoms with van der Waals surface area (Å²) in [5.41, 5.74) is 0.459. The van der Waals surface area contributed by atoms with Crippen LogP contribution < -0.4 is 4.74 Å². The average Bonchev–Trinajstić information content (AvgIpc) is 2.48. The largest absolute Gasteiger partial charge is 0.508 e. The molecule has 4 heteroatoms. The second-order valence-electron chi connectivity index (χ2n) is 4.55. The van der Waals surface area contributed by atoms with Crippen LogP contribution in [0.1, 0.15) is 5.56 Å². The third kappa shape index (κ3) is 2.83. The zero-order valence-electron chi connectivity index (χ0n) is 10.9. The van der Waals surface area contributed by atoms with Gasteiger partial charge in [-0.3, -0.25) is 0 Å². The topological polar surface area (TPSA) is 53.2 Å². The molecule has 0 aromatic heterocycles.